The summed E-state index contributed by atoms with van der Waals surface area (Å²) in [6.07, 6.45) is 3.60. The first kappa shape index (κ1) is 19.0. The number of halogens is 3. The Morgan fingerprint density at radius 3 is 1.57 bits per heavy atom. The van der Waals surface area contributed by atoms with Crippen molar-refractivity contribution in [3.63, 3.8) is 0 Å². The van der Waals surface area contributed by atoms with Crippen molar-refractivity contribution in [1.82, 2.24) is 9.97 Å². The Labute approximate surface area is 153 Å². The third-order valence-electron chi connectivity index (χ3n) is 2.34. The zero-order chi connectivity index (χ0) is 15.7. The van der Waals surface area contributed by atoms with Crippen LogP contribution in [0.2, 0.25) is 0 Å². The Balaban J connectivity index is 0.000000270. The van der Waals surface area contributed by atoms with Crippen LogP contribution in [0.25, 0.3) is 21.8 Å². The standard InChI is InChI=1S/C12H8N2.CHNS.3BrH.Sn/c1-3-9-5-6-10-4-2-8-14-12(10)11(9)13-7-1;2-1-3;;;;/h1-8H;3H;3*1H;/q;;;;;+4/p-4. The molecule has 3 rings (SSSR count). The number of hydrogen-bond acceptors (Lipinski definition) is 4. The average Bonchev–Trinajstić information content (AvgIpc) is 2.47. The normalized spacial score (nSPS) is 8.86. The molecule has 2 aromatic heterocycles. The summed E-state index contributed by atoms with van der Waals surface area (Å²) in [5.41, 5.74) is 1.95. The Bertz CT molecular complexity index is 692. The smallest absolute Gasteiger partial charge is 0.0964 e. The maximum atomic E-state index is 7.13. The van der Waals surface area contributed by atoms with Crippen molar-refractivity contribution < 1.29 is 0 Å². The van der Waals surface area contributed by atoms with E-state index in [0.717, 1.165) is 21.8 Å². The van der Waals surface area contributed by atoms with Crippen LogP contribution < -0.4 is 0 Å². The van der Waals surface area contributed by atoms with Crippen LogP contribution in [0.1, 0.15) is 0 Å². The maximum Gasteiger partial charge on any atom is 0.0964 e. The summed E-state index contributed by atoms with van der Waals surface area (Å²) in [5, 5.41) is 10.7. The molecule has 0 saturated heterocycles. The molecular formula is C13H8Br3N3SSn. The Hall–Kier alpha value is -0.0113. The summed E-state index contributed by atoms with van der Waals surface area (Å²) in [4.78, 5) is 8.69. The summed E-state index contributed by atoms with van der Waals surface area (Å²) in [6, 6.07) is 12.1. The van der Waals surface area contributed by atoms with E-state index in [-0.39, 0.29) is 0 Å². The number of hydrogen-bond donors (Lipinski definition) is 0. The molecule has 3 aromatic rings. The molecule has 0 aliphatic carbocycles. The second-order valence-electron chi connectivity index (χ2n) is 3.52. The van der Waals surface area contributed by atoms with Gasteiger partial charge in [0.25, 0.3) is 0 Å². The minimum Gasteiger partial charge on any atom is -0.254 e. The molecule has 0 aliphatic rings. The summed E-state index contributed by atoms with van der Waals surface area (Å²) in [5.74, 6) is 0. The first-order valence-corrected chi connectivity index (χ1v) is 25.1. The molecular weight excluding hydrogens is 589 g/mol. The number of pyridine rings is 2. The van der Waals surface area contributed by atoms with Gasteiger partial charge in [0.1, 0.15) is 0 Å². The predicted molar refractivity (Wildman–Crippen MR) is 103 cm³/mol. The van der Waals surface area contributed by atoms with Gasteiger partial charge < -0.3 is 12.6 Å². The van der Waals surface area contributed by atoms with Gasteiger partial charge in [0.2, 0.25) is 0 Å². The molecule has 0 N–H and O–H groups in total. The third kappa shape index (κ3) is 6.74. The van der Waals surface area contributed by atoms with Crippen molar-refractivity contribution in [2.24, 2.45) is 0 Å². The largest absolute Gasteiger partial charge is 0.254 e. The molecule has 0 saturated carbocycles. The van der Waals surface area contributed by atoms with Crippen LogP contribution >= 0.6 is 38.1 Å². The van der Waals surface area contributed by atoms with Crippen molar-refractivity contribution in [3.05, 3.63) is 48.8 Å². The third-order valence-corrected chi connectivity index (χ3v) is 2.34. The fourth-order valence-corrected chi connectivity index (χ4v) is 1.68. The fourth-order valence-electron chi connectivity index (χ4n) is 1.68. The van der Waals surface area contributed by atoms with E-state index in [9.17, 15) is 0 Å². The first-order chi connectivity index (χ1) is 10.1. The van der Waals surface area contributed by atoms with E-state index < -0.39 is 13.1 Å². The maximum absolute atomic E-state index is 7.13. The van der Waals surface area contributed by atoms with E-state index in [1.54, 1.807) is 12.4 Å². The molecule has 21 heavy (non-hydrogen) atoms. The van der Waals surface area contributed by atoms with Gasteiger partial charge in [-0.25, -0.2) is 5.26 Å². The number of rotatable bonds is 0. The van der Waals surface area contributed by atoms with E-state index in [2.05, 4.69) is 85.0 Å². The van der Waals surface area contributed by atoms with Crippen LogP contribution in [0.3, 0.4) is 0 Å². The zero-order valence-electron chi connectivity index (χ0n) is 10.5. The minimum absolute atomic E-state index is 0.977. The van der Waals surface area contributed by atoms with Crippen molar-refractivity contribution >= 4 is 85.6 Å². The van der Waals surface area contributed by atoms with Crippen LogP contribution in [0.15, 0.2) is 48.8 Å². The van der Waals surface area contributed by atoms with Gasteiger partial charge in [-0.2, -0.15) is 0 Å². The summed E-state index contributed by atoms with van der Waals surface area (Å²) in [7, 11) is 0. The number of benzene rings is 1. The Morgan fingerprint density at radius 1 is 0.905 bits per heavy atom. The topological polar surface area (TPSA) is 49.6 Å². The molecule has 0 aliphatic heterocycles. The molecule has 0 atom stereocenters. The molecule has 0 amide bonds. The average molecular weight is 597 g/mol. The molecule has 106 valence electrons. The number of thiocyanates is 1. The summed E-state index contributed by atoms with van der Waals surface area (Å²) < 4.78 is 0. The molecule has 0 fully saturated rings. The van der Waals surface area contributed by atoms with E-state index in [0.29, 0.717) is 0 Å². The van der Waals surface area contributed by atoms with Gasteiger partial charge in [-0.05, 0) is 12.1 Å². The van der Waals surface area contributed by atoms with Gasteiger partial charge >= 0.3 is 51.2 Å². The molecule has 1 aromatic carbocycles. The van der Waals surface area contributed by atoms with Crippen LogP contribution in [0.5, 0.6) is 0 Å². The van der Waals surface area contributed by atoms with Gasteiger partial charge in [0.15, 0.2) is 0 Å². The number of nitrogens with zero attached hydrogens (tertiary/aromatic N) is 3. The monoisotopic (exact) mass is 595 g/mol. The minimum atomic E-state index is -1.11. The molecule has 2 heterocycles. The predicted octanol–water partition coefficient (Wildman–Crippen LogP) is 4.95. The van der Waals surface area contributed by atoms with E-state index in [1.807, 2.05) is 12.1 Å². The van der Waals surface area contributed by atoms with Gasteiger partial charge in [0.05, 0.1) is 11.0 Å². The van der Waals surface area contributed by atoms with Crippen LogP contribution in [-0.4, -0.2) is 23.1 Å². The second-order valence-corrected chi connectivity index (χ2v) is 42.3. The van der Waals surface area contributed by atoms with Gasteiger partial charge in [-0.1, -0.05) is 29.7 Å². The summed E-state index contributed by atoms with van der Waals surface area (Å²) >= 11 is 12.5. The van der Waals surface area contributed by atoms with E-state index in [1.165, 1.54) is 5.40 Å². The van der Waals surface area contributed by atoms with Crippen molar-refractivity contribution in [2.45, 2.75) is 0 Å². The van der Waals surface area contributed by atoms with Gasteiger partial charge in [-0.3, -0.25) is 9.97 Å². The van der Waals surface area contributed by atoms with E-state index >= 15 is 0 Å². The molecule has 0 bridgehead atoms. The molecule has 3 nitrogen and oxygen atoms in total. The van der Waals surface area contributed by atoms with Crippen LogP contribution in [-0.2, 0) is 12.6 Å². The second kappa shape index (κ2) is 10.7. The SMILES string of the molecule is N#C[S-].[Br][Sn+]([Br])[Br].c1cnc2c(c1)ccc1cccnc12. The van der Waals surface area contributed by atoms with Gasteiger partial charge in [-0.15, -0.1) is 0 Å². The quantitative estimate of drug-likeness (QED) is 0.160. The molecule has 0 radical (unpaired) electrons. The van der Waals surface area contributed by atoms with Gasteiger partial charge in [0, 0.05) is 23.2 Å². The fraction of sp³-hybridized carbons (Fsp3) is 0. The van der Waals surface area contributed by atoms with Crippen molar-refractivity contribution in [2.75, 3.05) is 0 Å². The molecule has 0 spiro atoms. The van der Waals surface area contributed by atoms with Crippen LogP contribution in [0.4, 0.5) is 0 Å². The Morgan fingerprint density at radius 2 is 1.24 bits per heavy atom. The first-order valence-electron chi connectivity index (χ1n) is 5.53. The van der Waals surface area contributed by atoms with Crippen LogP contribution in [0, 0.1) is 10.7 Å². The summed E-state index contributed by atoms with van der Waals surface area (Å²) in [6.45, 7) is 0. The van der Waals surface area contributed by atoms with Crippen molar-refractivity contribution in [1.29, 1.82) is 5.26 Å². The Kier molecular flexibility index (Phi) is 9.67. The zero-order valence-corrected chi connectivity index (χ0v) is 18.9. The molecule has 0 unspecified atom stereocenters. The van der Waals surface area contributed by atoms with E-state index in [4.69, 9.17) is 5.26 Å². The number of fused-ring (bicyclic) bond motifs is 3. The number of aromatic nitrogens is 2. The molecule has 8 heteroatoms. The van der Waals surface area contributed by atoms with Crippen molar-refractivity contribution in [3.8, 4) is 5.40 Å². The number of nitriles is 1.